The fourth-order valence-corrected chi connectivity index (χ4v) is 2.26. The van der Waals surface area contributed by atoms with Gasteiger partial charge in [0.1, 0.15) is 0 Å². The van der Waals surface area contributed by atoms with E-state index in [0.29, 0.717) is 12.3 Å². The molecule has 0 saturated heterocycles. The lowest BCUT2D eigenvalue weighted by molar-refractivity contribution is -0.117. The van der Waals surface area contributed by atoms with Crippen molar-refractivity contribution < 1.29 is 4.79 Å². The van der Waals surface area contributed by atoms with Gasteiger partial charge in [0.25, 0.3) is 0 Å². The third-order valence-corrected chi connectivity index (χ3v) is 3.29. The van der Waals surface area contributed by atoms with Crippen molar-refractivity contribution in [2.75, 3.05) is 5.32 Å². The maximum absolute atomic E-state index is 12.1. The number of aryl methyl sites for hydroxylation is 1. The highest BCUT2D eigenvalue weighted by atomic mass is 16.2. The normalized spacial score (nSPS) is 12.7. The maximum Gasteiger partial charge on any atom is 0.241 e. The molecule has 1 heterocycles. The Bertz CT molecular complexity index is 622. The molecule has 0 aliphatic heterocycles. The highest BCUT2D eigenvalue weighted by molar-refractivity contribution is 6.03. The van der Waals surface area contributed by atoms with Crippen molar-refractivity contribution in [3.8, 4) is 0 Å². The molecular formula is C16H21N3O. The third kappa shape index (κ3) is 3.14. The van der Waals surface area contributed by atoms with Gasteiger partial charge in [-0.25, -0.2) is 0 Å². The Morgan fingerprint density at radius 1 is 1.35 bits per heavy atom. The molecule has 1 aromatic heterocycles. The van der Waals surface area contributed by atoms with Crippen molar-refractivity contribution in [3.63, 3.8) is 0 Å². The number of nitrogens with zero attached hydrogens (tertiary/aromatic N) is 1. The molecule has 106 valence electrons. The zero-order valence-electron chi connectivity index (χ0n) is 12.2. The Labute approximate surface area is 119 Å². The molecule has 2 aromatic rings. The van der Waals surface area contributed by atoms with Crippen molar-refractivity contribution in [3.05, 3.63) is 36.0 Å². The van der Waals surface area contributed by atoms with Crippen LogP contribution in [0.5, 0.6) is 0 Å². The molecule has 0 aliphatic rings. The predicted molar refractivity (Wildman–Crippen MR) is 82.5 cm³/mol. The molecule has 0 bridgehead atoms. The lowest BCUT2D eigenvalue weighted by atomic mass is 10.0. The first-order valence-electron chi connectivity index (χ1n) is 6.90. The second-order valence-electron chi connectivity index (χ2n) is 5.55. The zero-order valence-corrected chi connectivity index (χ0v) is 12.2. The molecule has 0 saturated carbocycles. The van der Waals surface area contributed by atoms with E-state index < -0.39 is 6.04 Å². The minimum Gasteiger partial charge on any atom is -0.324 e. The van der Waals surface area contributed by atoms with Gasteiger partial charge in [-0.2, -0.15) is 0 Å². The van der Waals surface area contributed by atoms with E-state index in [-0.39, 0.29) is 5.91 Å². The summed E-state index contributed by atoms with van der Waals surface area (Å²) in [4.78, 5) is 16.5. The molecular weight excluding hydrogens is 250 g/mol. The summed E-state index contributed by atoms with van der Waals surface area (Å²) in [7, 11) is 0. The van der Waals surface area contributed by atoms with Crippen LogP contribution in [0.4, 0.5) is 5.69 Å². The highest BCUT2D eigenvalue weighted by Gasteiger charge is 2.16. The zero-order chi connectivity index (χ0) is 14.7. The van der Waals surface area contributed by atoms with Gasteiger partial charge in [0.05, 0.1) is 17.2 Å². The minimum atomic E-state index is -0.483. The molecule has 1 aromatic carbocycles. The number of nitrogens with one attached hydrogen (secondary N) is 1. The third-order valence-electron chi connectivity index (χ3n) is 3.29. The second-order valence-corrected chi connectivity index (χ2v) is 5.55. The van der Waals surface area contributed by atoms with Crippen molar-refractivity contribution >= 4 is 22.5 Å². The van der Waals surface area contributed by atoms with Gasteiger partial charge in [0, 0.05) is 11.6 Å². The number of hydrogen-bond acceptors (Lipinski definition) is 3. The summed E-state index contributed by atoms with van der Waals surface area (Å²) < 4.78 is 0. The number of rotatable bonds is 4. The fraction of sp³-hybridized carbons (Fsp3) is 0.375. The minimum absolute atomic E-state index is 0.146. The topological polar surface area (TPSA) is 68.0 Å². The van der Waals surface area contributed by atoms with Gasteiger partial charge in [-0.3, -0.25) is 9.78 Å². The van der Waals surface area contributed by atoms with E-state index in [1.54, 1.807) is 6.20 Å². The number of amides is 1. The quantitative estimate of drug-likeness (QED) is 0.898. The molecule has 3 N–H and O–H groups in total. The van der Waals surface area contributed by atoms with E-state index in [9.17, 15) is 4.79 Å². The summed E-state index contributed by atoms with van der Waals surface area (Å²) >= 11 is 0. The fourth-order valence-electron chi connectivity index (χ4n) is 2.26. The average molecular weight is 271 g/mol. The molecule has 1 amide bonds. The molecule has 0 fully saturated rings. The lowest BCUT2D eigenvalue weighted by Crippen LogP contribution is -2.36. The Kier molecular flexibility index (Phi) is 4.35. The number of pyridine rings is 1. The average Bonchev–Trinajstić information content (AvgIpc) is 2.41. The summed E-state index contributed by atoms with van der Waals surface area (Å²) in [6.45, 7) is 6.11. The van der Waals surface area contributed by atoms with Crippen LogP contribution in [-0.4, -0.2) is 16.9 Å². The highest BCUT2D eigenvalue weighted by Crippen LogP contribution is 2.24. The number of hydrogen-bond donors (Lipinski definition) is 2. The summed E-state index contributed by atoms with van der Waals surface area (Å²) in [6.07, 6.45) is 2.43. The van der Waals surface area contributed by atoms with E-state index in [1.807, 2.05) is 31.2 Å². The summed E-state index contributed by atoms with van der Waals surface area (Å²) in [6, 6.07) is 7.20. The van der Waals surface area contributed by atoms with Crippen LogP contribution in [-0.2, 0) is 4.79 Å². The molecule has 0 spiro atoms. The number of benzene rings is 1. The first-order valence-corrected chi connectivity index (χ1v) is 6.90. The first-order chi connectivity index (χ1) is 9.49. The second kappa shape index (κ2) is 6.01. The van der Waals surface area contributed by atoms with Crippen LogP contribution in [0.2, 0.25) is 0 Å². The van der Waals surface area contributed by atoms with Crippen molar-refractivity contribution in [1.82, 2.24) is 4.98 Å². The van der Waals surface area contributed by atoms with Gasteiger partial charge in [-0.05, 0) is 43.0 Å². The number of carbonyl (C=O) groups excluding carboxylic acids is 1. The lowest BCUT2D eigenvalue weighted by Gasteiger charge is -2.15. The molecule has 2 rings (SSSR count). The van der Waals surface area contributed by atoms with E-state index >= 15 is 0 Å². The molecule has 20 heavy (non-hydrogen) atoms. The number of carbonyl (C=O) groups is 1. The predicted octanol–water partition coefficient (Wildman–Crippen LogP) is 2.86. The number of aromatic nitrogens is 1. The Balaban J connectivity index is 2.26. The Morgan fingerprint density at radius 3 is 2.80 bits per heavy atom. The van der Waals surface area contributed by atoms with E-state index in [4.69, 9.17) is 5.73 Å². The van der Waals surface area contributed by atoms with Crippen molar-refractivity contribution in [2.45, 2.75) is 33.2 Å². The van der Waals surface area contributed by atoms with Gasteiger partial charge in [0.2, 0.25) is 5.91 Å². The van der Waals surface area contributed by atoms with Crippen LogP contribution in [0, 0.1) is 12.8 Å². The van der Waals surface area contributed by atoms with E-state index in [1.165, 1.54) is 0 Å². The molecule has 4 nitrogen and oxygen atoms in total. The molecule has 0 radical (unpaired) electrons. The van der Waals surface area contributed by atoms with Gasteiger partial charge >= 0.3 is 0 Å². The number of nitrogens with two attached hydrogens (primary N) is 1. The Morgan fingerprint density at radius 2 is 2.10 bits per heavy atom. The van der Waals surface area contributed by atoms with Gasteiger partial charge in [0.15, 0.2) is 0 Å². The largest absolute Gasteiger partial charge is 0.324 e. The number of fused-ring (bicyclic) bond motifs is 1. The van der Waals surface area contributed by atoms with Crippen LogP contribution < -0.4 is 11.1 Å². The van der Waals surface area contributed by atoms with E-state index in [2.05, 4.69) is 24.1 Å². The van der Waals surface area contributed by atoms with Crippen LogP contribution in [0.25, 0.3) is 10.9 Å². The summed E-state index contributed by atoms with van der Waals surface area (Å²) in [5.74, 6) is 0.250. The smallest absolute Gasteiger partial charge is 0.241 e. The summed E-state index contributed by atoms with van der Waals surface area (Å²) in [5.41, 5.74) is 8.67. The maximum atomic E-state index is 12.1. The monoisotopic (exact) mass is 271 g/mol. The van der Waals surface area contributed by atoms with Crippen LogP contribution in [0.1, 0.15) is 25.8 Å². The van der Waals surface area contributed by atoms with Gasteiger partial charge in [-0.15, -0.1) is 0 Å². The first kappa shape index (κ1) is 14.5. The van der Waals surface area contributed by atoms with Gasteiger partial charge < -0.3 is 11.1 Å². The molecule has 1 unspecified atom stereocenters. The van der Waals surface area contributed by atoms with Crippen LogP contribution in [0.3, 0.4) is 0 Å². The van der Waals surface area contributed by atoms with Crippen molar-refractivity contribution in [1.29, 1.82) is 0 Å². The van der Waals surface area contributed by atoms with Crippen LogP contribution in [0.15, 0.2) is 30.5 Å². The van der Waals surface area contributed by atoms with Crippen LogP contribution >= 0.6 is 0 Å². The van der Waals surface area contributed by atoms with Crippen molar-refractivity contribution in [2.24, 2.45) is 11.7 Å². The summed E-state index contributed by atoms with van der Waals surface area (Å²) in [5, 5.41) is 3.86. The molecule has 0 aliphatic carbocycles. The molecule has 1 atom stereocenters. The van der Waals surface area contributed by atoms with Gasteiger partial charge in [-0.1, -0.05) is 19.9 Å². The Hall–Kier alpha value is -1.94. The van der Waals surface area contributed by atoms with E-state index in [0.717, 1.165) is 22.2 Å². The standard InChI is InChI=1S/C16H21N3O/c1-10(2)9-13(17)16(20)19-14-7-6-11(3)15-12(14)5-4-8-18-15/h4-8,10,13H,9,17H2,1-3H3,(H,19,20). The number of anilines is 1. The SMILES string of the molecule is Cc1ccc(NC(=O)C(N)CC(C)C)c2cccnc12. The molecule has 4 heteroatoms.